The van der Waals surface area contributed by atoms with Gasteiger partial charge in [-0.2, -0.15) is 16.9 Å². The second-order valence-corrected chi connectivity index (χ2v) is 5.90. The first-order chi connectivity index (χ1) is 10.2. The van der Waals surface area contributed by atoms with Gasteiger partial charge in [0.1, 0.15) is 12.7 Å². The van der Waals surface area contributed by atoms with E-state index in [2.05, 4.69) is 46.6 Å². The minimum absolute atomic E-state index is 0.0569. The average molecular weight is 304 g/mol. The third-order valence-electron chi connectivity index (χ3n) is 2.99. The molecule has 1 aromatic carbocycles. The highest BCUT2D eigenvalue weighted by Gasteiger charge is 2.01. The quantitative estimate of drug-likeness (QED) is 0.758. The van der Waals surface area contributed by atoms with Crippen LogP contribution in [0.25, 0.3) is 0 Å². The Morgan fingerprint density at radius 3 is 2.86 bits per heavy atom. The Morgan fingerprint density at radius 2 is 2.14 bits per heavy atom. The number of hydrogen-bond acceptors (Lipinski definition) is 4. The smallest absolute Gasteiger partial charge is 0.221 e. The fourth-order valence-electron chi connectivity index (χ4n) is 1.79. The Labute approximate surface area is 129 Å². The molecule has 0 radical (unpaired) electrons. The van der Waals surface area contributed by atoms with Crippen molar-refractivity contribution in [3.8, 4) is 0 Å². The van der Waals surface area contributed by atoms with Crippen LogP contribution in [-0.2, 0) is 17.1 Å². The Balaban J connectivity index is 1.53. The summed E-state index contributed by atoms with van der Waals surface area (Å²) in [6.07, 6.45) is 3.52. The molecule has 1 aromatic heterocycles. The molecule has 0 spiro atoms. The highest BCUT2D eigenvalue weighted by Crippen LogP contribution is 2.12. The molecule has 21 heavy (non-hydrogen) atoms. The lowest BCUT2D eigenvalue weighted by Crippen LogP contribution is -2.26. The Hall–Kier alpha value is -1.82. The molecular formula is C15H20N4OS. The van der Waals surface area contributed by atoms with E-state index in [4.69, 9.17) is 0 Å². The summed E-state index contributed by atoms with van der Waals surface area (Å²) >= 11 is 1.83. The summed E-state index contributed by atoms with van der Waals surface area (Å²) in [5, 5.41) is 6.88. The first kappa shape index (κ1) is 15.6. The molecule has 0 saturated heterocycles. The van der Waals surface area contributed by atoms with E-state index in [1.807, 2.05) is 11.8 Å². The van der Waals surface area contributed by atoms with Gasteiger partial charge in [-0.1, -0.05) is 29.8 Å². The van der Waals surface area contributed by atoms with Crippen LogP contribution in [0.15, 0.2) is 36.9 Å². The lowest BCUT2D eigenvalue weighted by Gasteiger charge is -2.05. The van der Waals surface area contributed by atoms with Gasteiger partial charge in [0.2, 0.25) is 5.91 Å². The summed E-state index contributed by atoms with van der Waals surface area (Å²) in [5.41, 5.74) is 2.60. The monoisotopic (exact) mass is 304 g/mol. The fourth-order valence-corrected chi connectivity index (χ4v) is 2.61. The summed E-state index contributed by atoms with van der Waals surface area (Å²) in [6.45, 7) is 3.36. The van der Waals surface area contributed by atoms with E-state index in [1.165, 1.54) is 17.5 Å². The van der Waals surface area contributed by atoms with Crippen molar-refractivity contribution in [1.29, 1.82) is 0 Å². The number of rotatable bonds is 8. The lowest BCUT2D eigenvalue weighted by atomic mass is 10.2. The maximum absolute atomic E-state index is 11.6. The molecule has 0 saturated carbocycles. The van der Waals surface area contributed by atoms with Crippen LogP contribution in [0.2, 0.25) is 0 Å². The largest absolute Gasteiger partial charge is 0.355 e. The SMILES string of the molecule is Cc1ccc(CSCCNC(=O)CCn2cncn2)cc1. The number of aromatic nitrogens is 3. The van der Waals surface area contributed by atoms with Crippen molar-refractivity contribution < 1.29 is 4.79 Å². The lowest BCUT2D eigenvalue weighted by molar-refractivity contribution is -0.121. The second kappa shape index (κ2) is 8.46. The van der Waals surface area contributed by atoms with Crippen molar-refractivity contribution in [1.82, 2.24) is 20.1 Å². The molecule has 0 aliphatic heterocycles. The third-order valence-corrected chi connectivity index (χ3v) is 4.02. The van der Waals surface area contributed by atoms with E-state index < -0.39 is 0 Å². The second-order valence-electron chi connectivity index (χ2n) is 4.80. The van der Waals surface area contributed by atoms with Gasteiger partial charge < -0.3 is 5.32 Å². The number of thioether (sulfide) groups is 1. The molecule has 0 aliphatic carbocycles. The van der Waals surface area contributed by atoms with Gasteiger partial charge in [-0.25, -0.2) is 4.98 Å². The zero-order valence-electron chi connectivity index (χ0n) is 12.2. The van der Waals surface area contributed by atoms with Crippen molar-refractivity contribution >= 4 is 17.7 Å². The normalized spacial score (nSPS) is 10.5. The highest BCUT2D eigenvalue weighted by molar-refractivity contribution is 7.98. The van der Waals surface area contributed by atoms with E-state index in [1.54, 1.807) is 11.0 Å². The number of nitrogens with one attached hydrogen (secondary N) is 1. The first-order valence-corrected chi connectivity index (χ1v) is 8.12. The standard InChI is InChI=1S/C15H20N4OS/c1-13-2-4-14(5-3-13)10-21-9-7-17-15(20)6-8-19-12-16-11-18-19/h2-5,11-12H,6-10H2,1H3,(H,17,20). The maximum atomic E-state index is 11.6. The summed E-state index contributed by atoms with van der Waals surface area (Å²) in [4.78, 5) is 15.5. The van der Waals surface area contributed by atoms with Crippen molar-refractivity contribution in [2.75, 3.05) is 12.3 Å². The summed E-state index contributed by atoms with van der Waals surface area (Å²) in [6, 6.07) is 8.56. The predicted octanol–water partition coefficient (Wildman–Crippen LogP) is 2.03. The molecule has 6 heteroatoms. The summed E-state index contributed by atoms with van der Waals surface area (Å²) in [5.74, 6) is 1.96. The topological polar surface area (TPSA) is 59.8 Å². The number of benzene rings is 1. The zero-order chi connectivity index (χ0) is 14.9. The van der Waals surface area contributed by atoms with Gasteiger partial charge in [0.15, 0.2) is 0 Å². The van der Waals surface area contributed by atoms with E-state index in [0.717, 1.165) is 11.5 Å². The van der Waals surface area contributed by atoms with Crippen LogP contribution in [-0.4, -0.2) is 33.0 Å². The van der Waals surface area contributed by atoms with E-state index in [0.29, 0.717) is 19.5 Å². The van der Waals surface area contributed by atoms with Gasteiger partial charge in [0.25, 0.3) is 0 Å². The van der Waals surface area contributed by atoms with E-state index in [9.17, 15) is 4.79 Å². The van der Waals surface area contributed by atoms with Crippen LogP contribution in [0, 0.1) is 6.92 Å². The van der Waals surface area contributed by atoms with Crippen molar-refractivity contribution in [2.24, 2.45) is 0 Å². The molecule has 0 fully saturated rings. The molecule has 1 N–H and O–H groups in total. The maximum Gasteiger partial charge on any atom is 0.221 e. The summed E-state index contributed by atoms with van der Waals surface area (Å²) in [7, 11) is 0. The number of nitrogens with zero attached hydrogens (tertiary/aromatic N) is 3. The molecule has 1 heterocycles. The van der Waals surface area contributed by atoms with Crippen molar-refractivity contribution in [2.45, 2.75) is 25.6 Å². The van der Waals surface area contributed by atoms with Crippen LogP contribution in [0.4, 0.5) is 0 Å². The van der Waals surface area contributed by atoms with E-state index >= 15 is 0 Å². The number of carbonyl (C=O) groups is 1. The average Bonchev–Trinajstić information content (AvgIpc) is 3.00. The van der Waals surface area contributed by atoms with Crippen LogP contribution < -0.4 is 5.32 Å². The first-order valence-electron chi connectivity index (χ1n) is 6.96. The van der Waals surface area contributed by atoms with Crippen LogP contribution in [0.1, 0.15) is 17.5 Å². The molecule has 2 rings (SSSR count). The summed E-state index contributed by atoms with van der Waals surface area (Å²) < 4.78 is 1.66. The van der Waals surface area contributed by atoms with Gasteiger partial charge >= 0.3 is 0 Å². The number of carbonyl (C=O) groups excluding carboxylic acids is 1. The molecule has 1 amide bonds. The van der Waals surface area contributed by atoms with Gasteiger partial charge in [-0.15, -0.1) is 0 Å². The zero-order valence-corrected chi connectivity index (χ0v) is 13.0. The minimum atomic E-state index is 0.0569. The van der Waals surface area contributed by atoms with Crippen LogP contribution >= 0.6 is 11.8 Å². The predicted molar refractivity (Wildman–Crippen MR) is 85.0 cm³/mol. The van der Waals surface area contributed by atoms with Crippen molar-refractivity contribution in [3.63, 3.8) is 0 Å². The molecule has 2 aromatic rings. The Bertz CT molecular complexity index is 539. The molecule has 0 atom stereocenters. The number of aryl methyl sites for hydroxylation is 2. The number of amides is 1. The Kier molecular flexibility index (Phi) is 6.27. The minimum Gasteiger partial charge on any atom is -0.355 e. The molecule has 0 aliphatic rings. The molecule has 0 unspecified atom stereocenters. The third kappa shape index (κ3) is 5.99. The van der Waals surface area contributed by atoms with Gasteiger partial charge in [-0.05, 0) is 12.5 Å². The highest BCUT2D eigenvalue weighted by atomic mass is 32.2. The van der Waals surface area contributed by atoms with Gasteiger partial charge in [0.05, 0.1) is 6.54 Å². The Morgan fingerprint density at radius 1 is 1.33 bits per heavy atom. The van der Waals surface area contributed by atoms with Crippen molar-refractivity contribution in [3.05, 3.63) is 48.0 Å². The van der Waals surface area contributed by atoms with Gasteiger partial charge in [0, 0.05) is 24.5 Å². The fraction of sp³-hybridized carbons (Fsp3) is 0.400. The van der Waals surface area contributed by atoms with Crippen LogP contribution in [0.5, 0.6) is 0 Å². The molecular weight excluding hydrogens is 284 g/mol. The molecule has 5 nitrogen and oxygen atoms in total. The van der Waals surface area contributed by atoms with Gasteiger partial charge in [-0.3, -0.25) is 9.48 Å². The van der Waals surface area contributed by atoms with Crippen LogP contribution in [0.3, 0.4) is 0 Å². The van der Waals surface area contributed by atoms with E-state index in [-0.39, 0.29) is 5.91 Å². The molecule has 112 valence electrons. The number of hydrogen-bond donors (Lipinski definition) is 1. The molecule has 0 bridgehead atoms.